The Kier molecular flexibility index (Phi) is 45.9. The van der Waals surface area contributed by atoms with Crippen LogP contribution >= 0.6 is 0 Å². The maximum absolute atomic E-state index is 12.0. The number of esters is 1. The van der Waals surface area contributed by atoms with Gasteiger partial charge < -0.3 is 33.7 Å². The number of carboxylic acid groups (broad SMARTS) is 1. The van der Waals surface area contributed by atoms with Crippen molar-refractivity contribution in [3.63, 3.8) is 0 Å². The van der Waals surface area contributed by atoms with Crippen LogP contribution in [0.15, 0.2) is 24.3 Å². The van der Waals surface area contributed by atoms with Gasteiger partial charge in [0.15, 0.2) is 6.29 Å². The Hall–Kier alpha value is -1.74. The van der Waals surface area contributed by atoms with Crippen molar-refractivity contribution in [1.82, 2.24) is 0 Å². The molecule has 0 aromatic heterocycles. The average Bonchev–Trinajstić information content (AvgIpc) is 3.24. The van der Waals surface area contributed by atoms with Gasteiger partial charge in [-0.1, -0.05) is 230 Å². The van der Waals surface area contributed by atoms with Gasteiger partial charge in [-0.15, -0.1) is 0 Å². The van der Waals surface area contributed by atoms with E-state index in [9.17, 15) is 19.8 Å². The van der Waals surface area contributed by atoms with Crippen LogP contribution in [0.4, 0.5) is 0 Å². The Balaban J connectivity index is 3.31. The second kappa shape index (κ2) is 47.2. The molecule has 8 heteroatoms. The molecule has 0 fully saturated rings. The molecule has 0 radical (unpaired) electrons. The molecule has 62 heavy (non-hydrogen) atoms. The van der Waals surface area contributed by atoms with Crippen LogP contribution in [-0.2, 0) is 23.8 Å². The standard InChI is InChI=1S/C54H103NO7/c1-5-6-7-8-9-10-11-12-13-14-15-16-17-18-19-20-21-22-23-24-25-26-27-28-29-30-31-32-33-34-35-36-37-38-39-40-41-42-43-44-45-46-52(57)61-49-51(56)50-62-54(53(58)59)60-48-47-55(2,3)4/h11-12,14-15,51,54,56H,5-10,13,16-50H2,1-4H3/b12-11-,15-14-. The summed E-state index contributed by atoms with van der Waals surface area (Å²) in [5.41, 5.74) is 0. The quantitative estimate of drug-likeness (QED) is 0.0213. The molecule has 0 saturated carbocycles. The molecule has 2 atom stereocenters. The first-order chi connectivity index (χ1) is 30.2. The molecule has 0 saturated heterocycles. The van der Waals surface area contributed by atoms with E-state index in [0.29, 0.717) is 17.4 Å². The first-order valence-corrected chi connectivity index (χ1v) is 26.5. The van der Waals surface area contributed by atoms with E-state index >= 15 is 0 Å². The van der Waals surface area contributed by atoms with E-state index in [1.54, 1.807) is 0 Å². The number of nitrogens with zero attached hydrogens (tertiary/aromatic N) is 1. The average molecular weight is 878 g/mol. The molecule has 0 aliphatic carbocycles. The third-order valence-electron chi connectivity index (χ3n) is 11.9. The number of carbonyl (C=O) groups excluding carboxylic acids is 2. The van der Waals surface area contributed by atoms with E-state index in [-0.39, 0.29) is 25.8 Å². The smallest absolute Gasteiger partial charge is 0.305 e. The number of allylic oxidation sites excluding steroid dienone is 4. The maximum atomic E-state index is 12.0. The molecule has 0 aliphatic heterocycles. The summed E-state index contributed by atoms with van der Waals surface area (Å²) in [5, 5.41) is 21.2. The van der Waals surface area contributed by atoms with Crippen LogP contribution in [0.3, 0.4) is 0 Å². The number of aliphatic hydroxyl groups is 1. The van der Waals surface area contributed by atoms with Gasteiger partial charge in [-0.2, -0.15) is 0 Å². The lowest BCUT2D eigenvalue weighted by atomic mass is 10.0. The van der Waals surface area contributed by atoms with Crippen LogP contribution in [0.1, 0.15) is 251 Å². The van der Waals surface area contributed by atoms with Gasteiger partial charge in [0.2, 0.25) is 0 Å². The van der Waals surface area contributed by atoms with Crippen molar-refractivity contribution in [3.8, 4) is 0 Å². The predicted octanol–water partition coefficient (Wildman–Crippen LogP) is 13.7. The molecule has 0 aliphatic rings. The second-order valence-corrected chi connectivity index (χ2v) is 19.4. The Morgan fingerprint density at radius 1 is 0.500 bits per heavy atom. The fourth-order valence-electron chi connectivity index (χ4n) is 7.80. The lowest BCUT2D eigenvalue weighted by Crippen LogP contribution is -2.44. The molecule has 0 rings (SSSR count). The number of unbranched alkanes of at least 4 members (excludes halogenated alkanes) is 34. The minimum absolute atomic E-state index is 0.173. The maximum Gasteiger partial charge on any atom is 0.305 e. The summed E-state index contributed by atoms with van der Waals surface area (Å²) in [5.74, 6) is -1.86. The van der Waals surface area contributed by atoms with Gasteiger partial charge in [0.1, 0.15) is 19.3 Å². The molecule has 0 amide bonds. The highest BCUT2D eigenvalue weighted by Gasteiger charge is 2.17. The number of aliphatic carboxylic acids is 1. The number of hydrogen-bond acceptors (Lipinski definition) is 7. The monoisotopic (exact) mass is 878 g/mol. The fraction of sp³-hybridized carbons (Fsp3) is 0.889. The van der Waals surface area contributed by atoms with Crippen molar-refractivity contribution in [3.05, 3.63) is 24.3 Å². The fourth-order valence-corrected chi connectivity index (χ4v) is 7.80. The number of aliphatic hydroxyl groups excluding tert-OH is 1. The third kappa shape index (κ3) is 49.3. The largest absolute Gasteiger partial charge is 0.545 e. The van der Waals surface area contributed by atoms with Gasteiger partial charge >= 0.3 is 5.97 Å². The van der Waals surface area contributed by atoms with Crippen molar-refractivity contribution >= 4 is 11.9 Å². The Bertz CT molecular complexity index is 1010. The topological polar surface area (TPSA) is 105 Å². The summed E-state index contributed by atoms with van der Waals surface area (Å²) >= 11 is 0. The summed E-state index contributed by atoms with van der Waals surface area (Å²) < 4.78 is 16.1. The molecular weight excluding hydrogens is 775 g/mol. The second-order valence-electron chi connectivity index (χ2n) is 19.4. The summed E-state index contributed by atoms with van der Waals surface area (Å²) in [4.78, 5) is 23.2. The highest BCUT2D eigenvalue weighted by molar-refractivity contribution is 5.69. The van der Waals surface area contributed by atoms with Crippen LogP contribution in [0.2, 0.25) is 0 Å². The molecule has 0 heterocycles. The Morgan fingerprint density at radius 3 is 1.21 bits per heavy atom. The van der Waals surface area contributed by atoms with Gasteiger partial charge in [0.25, 0.3) is 0 Å². The van der Waals surface area contributed by atoms with Gasteiger partial charge in [0.05, 0.1) is 40.3 Å². The van der Waals surface area contributed by atoms with Crippen LogP contribution in [0, 0.1) is 0 Å². The summed E-state index contributed by atoms with van der Waals surface area (Å²) in [6, 6.07) is 0. The number of rotatable bonds is 50. The van der Waals surface area contributed by atoms with Crippen LogP contribution in [-0.4, -0.2) is 81.4 Å². The van der Waals surface area contributed by atoms with Crippen molar-refractivity contribution in [2.24, 2.45) is 0 Å². The molecule has 0 aromatic rings. The van der Waals surface area contributed by atoms with E-state index < -0.39 is 18.4 Å². The number of quaternary nitrogens is 1. The number of carboxylic acids is 1. The van der Waals surface area contributed by atoms with E-state index in [2.05, 4.69) is 31.2 Å². The summed E-state index contributed by atoms with van der Waals surface area (Å²) in [6.45, 7) is 2.48. The third-order valence-corrected chi connectivity index (χ3v) is 11.9. The highest BCUT2D eigenvalue weighted by atomic mass is 16.7. The van der Waals surface area contributed by atoms with Gasteiger partial charge in [-0.05, 0) is 38.5 Å². The molecule has 0 aromatic carbocycles. The number of hydrogen-bond donors (Lipinski definition) is 1. The van der Waals surface area contributed by atoms with E-state index in [1.165, 1.54) is 212 Å². The first kappa shape index (κ1) is 60.3. The summed E-state index contributed by atoms with van der Waals surface area (Å²) in [6.07, 6.45) is 57.0. The van der Waals surface area contributed by atoms with Crippen molar-refractivity contribution in [1.29, 1.82) is 0 Å². The zero-order chi connectivity index (χ0) is 45.5. The van der Waals surface area contributed by atoms with E-state index in [4.69, 9.17) is 14.2 Å². The Morgan fingerprint density at radius 2 is 0.855 bits per heavy atom. The molecule has 1 N–H and O–H groups in total. The normalized spacial score (nSPS) is 13.1. The number of carbonyl (C=O) groups is 2. The highest BCUT2D eigenvalue weighted by Crippen LogP contribution is 2.17. The van der Waals surface area contributed by atoms with Gasteiger partial charge in [0, 0.05) is 6.42 Å². The lowest BCUT2D eigenvalue weighted by molar-refractivity contribution is -0.870. The molecule has 8 nitrogen and oxygen atoms in total. The zero-order valence-electron chi connectivity index (χ0n) is 41.5. The van der Waals surface area contributed by atoms with Crippen molar-refractivity contribution in [2.75, 3.05) is 47.5 Å². The minimum Gasteiger partial charge on any atom is -0.545 e. The van der Waals surface area contributed by atoms with Gasteiger partial charge in [-0.25, -0.2) is 0 Å². The molecule has 366 valence electrons. The SMILES string of the molecule is CCCCCCC/C=C\C/C=C\CCCCCCCCCCCCCCCCCCCCCCCCCCCCCCCC(=O)OCC(O)COC(OCC[N+](C)(C)C)C(=O)[O-]. The van der Waals surface area contributed by atoms with Crippen LogP contribution in [0.25, 0.3) is 0 Å². The first-order valence-electron chi connectivity index (χ1n) is 26.5. The van der Waals surface area contributed by atoms with E-state index in [1.807, 2.05) is 21.1 Å². The molecule has 2 unspecified atom stereocenters. The van der Waals surface area contributed by atoms with E-state index in [0.717, 1.165) is 25.7 Å². The summed E-state index contributed by atoms with van der Waals surface area (Å²) in [7, 11) is 5.88. The van der Waals surface area contributed by atoms with Crippen molar-refractivity contribution in [2.45, 2.75) is 263 Å². The van der Waals surface area contributed by atoms with Crippen molar-refractivity contribution < 1.29 is 38.5 Å². The minimum atomic E-state index is -1.57. The molecule has 0 spiro atoms. The lowest BCUT2D eigenvalue weighted by Gasteiger charge is -2.26. The van der Waals surface area contributed by atoms with Crippen LogP contribution in [0.5, 0.6) is 0 Å². The number of likely N-dealkylation sites (N-methyl/N-ethyl adjacent to an activating group) is 1. The zero-order valence-corrected chi connectivity index (χ0v) is 41.5. The Labute approximate surface area is 384 Å². The van der Waals surface area contributed by atoms with Gasteiger partial charge in [-0.3, -0.25) is 4.79 Å². The predicted molar refractivity (Wildman–Crippen MR) is 260 cm³/mol. The number of ether oxygens (including phenoxy) is 3. The molecular formula is C54H103NO7. The van der Waals surface area contributed by atoms with Crippen LogP contribution < -0.4 is 5.11 Å². The molecule has 0 bridgehead atoms.